The minimum atomic E-state index is 0.204. The van der Waals surface area contributed by atoms with Crippen molar-refractivity contribution in [2.24, 2.45) is 5.41 Å². The Kier molecular flexibility index (Phi) is 3.73. The van der Waals surface area contributed by atoms with E-state index in [9.17, 15) is 0 Å². The van der Waals surface area contributed by atoms with Gasteiger partial charge in [0.1, 0.15) is 0 Å². The molecule has 0 radical (unpaired) electrons. The van der Waals surface area contributed by atoms with E-state index in [1.807, 2.05) is 22.9 Å². The Labute approximate surface area is 133 Å². The molecule has 1 saturated carbocycles. The molecule has 0 spiro atoms. The average molecular weight is 350 g/mol. The second-order valence-corrected chi connectivity index (χ2v) is 7.20. The maximum absolute atomic E-state index is 5.98. The van der Waals surface area contributed by atoms with Gasteiger partial charge in [-0.15, -0.1) is 5.10 Å². The average Bonchev–Trinajstić information content (AvgIpc) is 2.90. The van der Waals surface area contributed by atoms with Gasteiger partial charge in [-0.3, -0.25) is 0 Å². The van der Waals surface area contributed by atoms with Gasteiger partial charge in [-0.2, -0.15) is 0 Å². The molecule has 1 aromatic heterocycles. The molecule has 0 saturated heterocycles. The van der Waals surface area contributed by atoms with E-state index < -0.39 is 0 Å². The number of tetrazole rings is 1. The van der Waals surface area contributed by atoms with Crippen molar-refractivity contribution in [2.75, 3.05) is 5.73 Å². The number of aromatic nitrogens is 4. The molecule has 1 atom stereocenters. The fraction of sp³-hybridized carbons (Fsp3) is 0.533. The lowest BCUT2D eigenvalue weighted by molar-refractivity contribution is 0.132. The maximum atomic E-state index is 5.98. The van der Waals surface area contributed by atoms with Gasteiger partial charge in [0.2, 0.25) is 0 Å². The lowest BCUT2D eigenvalue weighted by atomic mass is 9.73. The molecule has 1 fully saturated rings. The molecule has 112 valence electrons. The van der Waals surface area contributed by atoms with Crippen LogP contribution >= 0.6 is 15.9 Å². The first-order valence-electron chi connectivity index (χ1n) is 7.33. The largest absolute Gasteiger partial charge is 0.398 e. The van der Waals surface area contributed by atoms with Gasteiger partial charge in [0, 0.05) is 11.3 Å². The zero-order valence-corrected chi connectivity index (χ0v) is 14.0. The summed E-state index contributed by atoms with van der Waals surface area (Å²) in [7, 11) is 0. The van der Waals surface area contributed by atoms with Crippen LogP contribution in [0.1, 0.15) is 45.6 Å². The van der Waals surface area contributed by atoms with Gasteiger partial charge in [0.15, 0.2) is 5.82 Å². The summed E-state index contributed by atoms with van der Waals surface area (Å²) >= 11 is 3.55. The first-order chi connectivity index (χ1) is 10.0. The number of anilines is 1. The molecular formula is C15H20BrN5. The van der Waals surface area contributed by atoms with Crippen molar-refractivity contribution in [1.82, 2.24) is 20.2 Å². The highest BCUT2D eigenvalue weighted by molar-refractivity contribution is 9.10. The predicted molar refractivity (Wildman–Crippen MR) is 86.7 cm³/mol. The number of hydrogen-bond donors (Lipinski definition) is 1. The fourth-order valence-electron chi connectivity index (χ4n) is 3.23. The second kappa shape index (κ2) is 5.40. The van der Waals surface area contributed by atoms with Crippen molar-refractivity contribution in [2.45, 2.75) is 45.6 Å². The van der Waals surface area contributed by atoms with E-state index in [1.165, 1.54) is 19.3 Å². The van der Waals surface area contributed by atoms with Crippen molar-refractivity contribution < 1.29 is 0 Å². The summed E-state index contributed by atoms with van der Waals surface area (Å²) in [5.41, 5.74) is 7.83. The van der Waals surface area contributed by atoms with Gasteiger partial charge >= 0.3 is 0 Å². The molecule has 0 bridgehead atoms. The summed E-state index contributed by atoms with van der Waals surface area (Å²) in [5, 5.41) is 12.4. The molecule has 21 heavy (non-hydrogen) atoms. The van der Waals surface area contributed by atoms with E-state index in [0.717, 1.165) is 22.3 Å². The van der Waals surface area contributed by atoms with Crippen molar-refractivity contribution in [3.05, 3.63) is 22.7 Å². The van der Waals surface area contributed by atoms with Crippen LogP contribution in [0, 0.1) is 5.41 Å². The lowest BCUT2D eigenvalue weighted by Crippen LogP contribution is -2.31. The first kappa shape index (κ1) is 14.5. The normalized spacial score (nSPS) is 21.4. The minimum absolute atomic E-state index is 0.204. The molecule has 0 amide bonds. The lowest BCUT2D eigenvalue weighted by Gasteiger charge is -2.38. The molecule has 2 aromatic rings. The number of nitrogens with two attached hydrogens (primary N) is 1. The molecule has 1 aliphatic rings. The van der Waals surface area contributed by atoms with Gasteiger partial charge in [-0.05, 0) is 56.7 Å². The zero-order valence-electron chi connectivity index (χ0n) is 12.4. The molecule has 2 N–H and O–H groups in total. The maximum Gasteiger partial charge on any atom is 0.183 e. The van der Waals surface area contributed by atoms with E-state index >= 15 is 0 Å². The summed E-state index contributed by atoms with van der Waals surface area (Å²) in [4.78, 5) is 0. The number of rotatable bonds is 2. The highest BCUT2D eigenvalue weighted by Crippen LogP contribution is 2.45. The number of halogens is 1. The Morgan fingerprint density at radius 2 is 2.14 bits per heavy atom. The Hall–Kier alpha value is -1.43. The molecule has 5 nitrogen and oxygen atoms in total. The van der Waals surface area contributed by atoms with Crippen LogP contribution in [0.3, 0.4) is 0 Å². The Balaban J connectivity index is 2.07. The van der Waals surface area contributed by atoms with E-state index in [4.69, 9.17) is 5.73 Å². The molecule has 1 aliphatic carbocycles. The van der Waals surface area contributed by atoms with Crippen LogP contribution in [0.5, 0.6) is 0 Å². The zero-order chi connectivity index (χ0) is 15.0. The number of benzene rings is 1. The number of hydrogen-bond acceptors (Lipinski definition) is 4. The third kappa shape index (κ3) is 2.57. The second-order valence-electron chi connectivity index (χ2n) is 6.41. The van der Waals surface area contributed by atoms with E-state index in [2.05, 4.69) is 45.3 Å². The fourth-order valence-corrected chi connectivity index (χ4v) is 3.67. The summed E-state index contributed by atoms with van der Waals surface area (Å²) < 4.78 is 2.84. The van der Waals surface area contributed by atoms with Gasteiger partial charge in [0.05, 0.1) is 10.5 Å². The summed E-state index contributed by atoms with van der Waals surface area (Å²) in [6.45, 7) is 4.60. The quantitative estimate of drug-likeness (QED) is 0.836. The van der Waals surface area contributed by atoms with E-state index in [-0.39, 0.29) is 5.41 Å². The Morgan fingerprint density at radius 1 is 1.33 bits per heavy atom. The highest BCUT2D eigenvalue weighted by Gasteiger charge is 2.36. The molecule has 1 unspecified atom stereocenters. The van der Waals surface area contributed by atoms with Gasteiger partial charge in [0.25, 0.3) is 0 Å². The van der Waals surface area contributed by atoms with E-state index in [1.54, 1.807) is 0 Å². The van der Waals surface area contributed by atoms with Gasteiger partial charge < -0.3 is 5.73 Å². The standard InChI is InChI=1S/C15H20BrN5/c1-15(2)9-4-3-8-12(15)21-14(18-19-20-21)10-6-5-7-11(17)13(10)16/h5-7,12H,3-4,8-9,17H2,1-2H3. The highest BCUT2D eigenvalue weighted by atomic mass is 79.9. The third-order valence-corrected chi connectivity index (χ3v) is 5.39. The van der Waals surface area contributed by atoms with Crippen molar-refractivity contribution in [1.29, 1.82) is 0 Å². The number of nitrogen functional groups attached to an aromatic ring is 1. The number of nitrogens with zero attached hydrogens (tertiary/aromatic N) is 4. The summed E-state index contributed by atoms with van der Waals surface area (Å²) in [5.74, 6) is 0.786. The Morgan fingerprint density at radius 3 is 2.90 bits per heavy atom. The van der Waals surface area contributed by atoms with Crippen LogP contribution in [-0.2, 0) is 0 Å². The van der Waals surface area contributed by atoms with Gasteiger partial charge in [-0.25, -0.2) is 4.68 Å². The smallest absolute Gasteiger partial charge is 0.183 e. The minimum Gasteiger partial charge on any atom is -0.398 e. The van der Waals surface area contributed by atoms with Crippen LogP contribution < -0.4 is 5.73 Å². The van der Waals surface area contributed by atoms with Crippen molar-refractivity contribution >= 4 is 21.6 Å². The van der Waals surface area contributed by atoms with Crippen LogP contribution in [0.2, 0.25) is 0 Å². The van der Waals surface area contributed by atoms with Crippen LogP contribution in [0.4, 0.5) is 5.69 Å². The molecule has 1 aromatic carbocycles. The Bertz CT molecular complexity index is 649. The topological polar surface area (TPSA) is 69.6 Å². The summed E-state index contributed by atoms with van der Waals surface area (Å²) in [6, 6.07) is 6.12. The van der Waals surface area contributed by atoms with Crippen LogP contribution in [0.15, 0.2) is 22.7 Å². The summed E-state index contributed by atoms with van der Waals surface area (Å²) in [6.07, 6.45) is 4.83. The molecular weight excluding hydrogens is 330 g/mol. The molecule has 6 heteroatoms. The third-order valence-electron chi connectivity index (χ3n) is 4.51. The molecule has 0 aliphatic heterocycles. The van der Waals surface area contributed by atoms with Crippen molar-refractivity contribution in [3.8, 4) is 11.4 Å². The monoisotopic (exact) mass is 349 g/mol. The van der Waals surface area contributed by atoms with Gasteiger partial charge in [-0.1, -0.05) is 32.8 Å². The molecule has 3 rings (SSSR count). The van der Waals surface area contributed by atoms with Crippen molar-refractivity contribution in [3.63, 3.8) is 0 Å². The van der Waals surface area contributed by atoms with Crippen LogP contribution in [-0.4, -0.2) is 20.2 Å². The molecule has 1 heterocycles. The van der Waals surface area contributed by atoms with E-state index in [0.29, 0.717) is 11.7 Å². The first-order valence-corrected chi connectivity index (χ1v) is 8.12. The SMILES string of the molecule is CC1(C)CCCCC1n1nnnc1-c1cccc(N)c1Br. The predicted octanol–water partition coefficient (Wildman–Crippen LogP) is 3.83. The van der Waals surface area contributed by atoms with Crippen LogP contribution in [0.25, 0.3) is 11.4 Å².